The van der Waals surface area contributed by atoms with E-state index in [1.165, 1.54) is 4.90 Å². The summed E-state index contributed by atoms with van der Waals surface area (Å²) >= 11 is 0. The summed E-state index contributed by atoms with van der Waals surface area (Å²) in [5, 5.41) is 0. The second-order valence-corrected chi connectivity index (χ2v) is 8.54. The Kier molecular flexibility index (Phi) is 5.71. The fraction of sp³-hybridized carbons (Fsp3) is 0.458. The molecule has 2 unspecified atom stereocenters. The van der Waals surface area contributed by atoms with Crippen LogP contribution in [0.2, 0.25) is 0 Å². The summed E-state index contributed by atoms with van der Waals surface area (Å²) in [5.74, 6) is -0.585. The molecule has 3 heterocycles. The van der Waals surface area contributed by atoms with Crippen molar-refractivity contribution >= 4 is 23.4 Å². The van der Waals surface area contributed by atoms with Crippen molar-refractivity contribution < 1.29 is 19.1 Å². The van der Waals surface area contributed by atoms with E-state index in [1.54, 1.807) is 6.92 Å². The van der Waals surface area contributed by atoms with Crippen molar-refractivity contribution in [3.05, 3.63) is 52.8 Å². The first-order valence-corrected chi connectivity index (χ1v) is 10.8. The third-order valence-corrected chi connectivity index (χ3v) is 6.35. The molecule has 0 radical (unpaired) electrons. The molecule has 1 aromatic carbocycles. The Labute approximate surface area is 182 Å². The highest BCUT2D eigenvalue weighted by atomic mass is 16.5. The molecule has 0 spiro atoms. The second kappa shape index (κ2) is 8.30. The molecule has 0 N–H and O–H groups in total. The monoisotopic (exact) mass is 423 g/mol. The number of urea groups is 1. The molecule has 2 atom stereocenters. The van der Waals surface area contributed by atoms with Gasteiger partial charge in [-0.15, -0.1) is 0 Å². The lowest BCUT2D eigenvalue weighted by Gasteiger charge is -2.19. The standard InChI is InChI=1S/C24H29N3O4/c1-15-7-9-19(10-8-15)27-18(4)23(29)26(24(27)30)14-22(28)21-12-16(2)25(17(21)3)13-20-6-5-11-31-20/h7-10,12,18,20H,5-6,11,13-14H2,1-4H3. The lowest BCUT2D eigenvalue weighted by atomic mass is 10.1. The number of hydrogen-bond donors (Lipinski definition) is 0. The molecular formula is C24H29N3O4. The smallest absolute Gasteiger partial charge is 0.332 e. The van der Waals surface area contributed by atoms with Crippen LogP contribution in [0.5, 0.6) is 0 Å². The van der Waals surface area contributed by atoms with Crippen molar-refractivity contribution in [2.24, 2.45) is 0 Å². The van der Waals surface area contributed by atoms with Gasteiger partial charge in [0.15, 0.2) is 5.78 Å². The number of anilines is 1. The maximum absolute atomic E-state index is 13.1. The van der Waals surface area contributed by atoms with Crippen LogP contribution in [0.3, 0.4) is 0 Å². The number of ether oxygens (including phenoxy) is 1. The Morgan fingerprint density at radius 1 is 1.13 bits per heavy atom. The van der Waals surface area contributed by atoms with E-state index in [0.29, 0.717) is 17.8 Å². The van der Waals surface area contributed by atoms with Crippen molar-refractivity contribution in [2.75, 3.05) is 18.1 Å². The quantitative estimate of drug-likeness (QED) is 0.525. The molecule has 1 aromatic heterocycles. The number of Topliss-reactive ketones (excluding diaryl/α,β-unsaturated/α-hetero) is 1. The number of carbonyl (C=O) groups is 3. The number of imide groups is 1. The van der Waals surface area contributed by atoms with Crippen LogP contribution >= 0.6 is 0 Å². The van der Waals surface area contributed by atoms with Crippen molar-refractivity contribution in [2.45, 2.75) is 59.2 Å². The van der Waals surface area contributed by atoms with Gasteiger partial charge in [0.2, 0.25) is 0 Å². The van der Waals surface area contributed by atoms with Crippen LogP contribution in [-0.2, 0) is 16.1 Å². The van der Waals surface area contributed by atoms with Crippen LogP contribution in [-0.4, -0.2) is 52.5 Å². The van der Waals surface area contributed by atoms with Gasteiger partial charge in [0, 0.05) is 35.8 Å². The Morgan fingerprint density at radius 2 is 1.84 bits per heavy atom. The Hall–Kier alpha value is -2.93. The van der Waals surface area contributed by atoms with Crippen LogP contribution in [0, 0.1) is 20.8 Å². The Morgan fingerprint density at radius 3 is 2.48 bits per heavy atom. The SMILES string of the molecule is Cc1ccc(N2C(=O)N(CC(=O)c3cc(C)n(CC4CCCO4)c3C)C(=O)C2C)cc1. The molecule has 2 fully saturated rings. The minimum Gasteiger partial charge on any atom is -0.376 e. The first kappa shape index (κ1) is 21.3. The molecule has 0 aliphatic carbocycles. The lowest BCUT2D eigenvalue weighted by molar-refractivity contribution is -0.126. The predicted octanol–water partition coefficient (Wildman–Crippen LogP) is 3.63. The number of hydrogen-bond acceptors (Lipinski definition) is 4. The Balaban J connectivity index is 1.52. The predicted molar refractivity (Wildman–Crippen MR) is 117 cm³/mol. The molecule has 164 valence electrons. The minimum atomic E-state index is -0.644. The minimum absolute atomic E-state index is 0.165. The first-order chi connectivity index (χ1) is 14.8. The van der Waals surface area contributed by atoms with Crippen LogP contribution in [0.25, 0.3) is 0 Å². The van der Waals surface area contributed by atoms with E-state index in [4.69, 9.17) is 4.74 Å². The van der Waals surface area contributed by atoms with E-state index >= 15 is 0 Å². The number of carbonyl (C=O) groups excluding carboxylic acids is 3. The van der Waals surface area contributed by atoms with Gasteiger partial charge >= 0.3 is 6.03 Å². The molecule has 4 rings (SSSR count). The molecule has 0 saturated carbocycles. The zero-order valence-electron chi connectivity index (χ0n) is 18.6. The van der Waals surface area contributed by atoms with E-state index in [-0.39, 0.29) is 24.3 Å². The third kappa shape index (κ3) is 3.90. The summed E-state index contributed by atoms with van der Waals surface area (Å²) in [6.45, 7) is 8.77. The molecule has 2 aliphatic heterocycles. The largest absolute Gasteiger partial charge is 0.376 e. The van der Waals surface area contributed by atoms with Crippen molar-refractivity contribution in [1.82, 2.24) is 9.47 Å². The van der Waals surface area contributed by atoms with Crippen LogP contribution < -0.4 is 4.90 Å². The van der Waals surface area contributed by atoms with Gasteiger partial charge in [0.1, 0.15) is 6.04 Å². The van der Waals surface area contributed by atoms with Gasteiger partial charge < -0.3 is 9.30 Å². The van der Waals surface area contributed by atoms with Crippen molar-refractivity contribution in [1.29, 1.82) is 0 Å². The Bertz CT molecular complexity index is 1020. The molecular weight excluding hydrogens is 394 g/mol. The molecule has 7 heteroatoms. The van der Waals surface area contributed by atoms with E-state index in [0.717, 1.165) is 41.3 Å². The average Bonchev–Trinajstić information content (AvgIpc) is 3.41. The van der Waals surface area contributed by atoms with Gasteiger partial charge in [-0.1, -0.05) is 17.7 Å². The zero-order chi connectivity index (χ0) is 22.3. The van der Waals surface area contributed by atoms with Crippen LogP contribution in [0.1, 0.15) is 47.1 Å². The number of rotatable bonds is 6. The maximum atomic E-state index is 13.1. The highest BCUT2D eigenvalue weighted by molar-refractivity contribution is 6.16. The summed E-state index contributed by atoms with van der Waals surface area (Å²) in [6, 6.07) is 8.19. The first-order valence-electron chi connectivity index (χ1n) is 10.8. The maximum Gasteiger partial charge on any atom is 0.332 e. The van der Waals surface area contributed by atoms with E-state index < -0.39 is 12.1 Å². The van der Waals surface area contributed by atoms with Gasteiger partial charge in [-0.3, -0.25) is 19.4 Å². The molecule has 2 aromatic rings. The highest BCUT2D eigenvalue weighted by Crippen LogP contribution is 2.27. The topological polar surface area (TPSA) is 71.8 Å². The number of aromatic nitrogens is 1. The fourth-order valence-electron chi connectivity index (χ4n) is 4.50. The number of nitrogens with zero attached hydrogens (tertiary/aromatic N) is 3. The van der Waals surface area contributed by atoms with Gasteiger partial charge in [-0.2, -0.15) is 0 Å². The highest BCUT2D eigenvalue weighted by Gasteiger charge is 2.44. The summed E-state index contributed by atoms with van der Waals surface area (Å²) in [4.78, 5) is 41.5. The summed E-state index contributed by atoms with van der Waals surface area (Å²) < 4.78 is 7.83. The number of amides is 3. The van der Waals surface area contributed by atoms with Crippen LogP contribution in [0.4, 0.5) is 10.5 Å². The van der Waals surface area contributed by atoms with Crippen molar-refractivity contribution in [3.63, 3.8) is 0 Å². The lowest BCUT2D eigenvalue weighted by Crippen LogP contribution is -2.37. The normalized spacial score (nSPS) is 21.4. The summed E-state index contributed by atoms with van der Waals surface area (Å²) in [5.41, 5.74) is 4.10. The number of aryl methyl sites for hydroxylation is 2. The average molecular weight is 424 g/mol. The van der Waals surface area contributed by atoms with Gasteiger partial charge in [-0.05, 0) is 58.7 Å². The number of ketones is 1. The molecule has 7 nitrogen and oxygen atoms in total. The zero-order valence-corrected chi connectivity index (χ0v) is 18.6. The van der Waals surface area contributed by atoms with Gasteiger partial charge in [-0.25, -0.2) is 4.79 Å². The molecule has 3 amide bonds. The van der Waals surface area contributed by atoms with E-state index in [1.807, 2.05) is 51.1 Å². The van der Waals surface area contributed by atoms with E-state index in [2.05, 4.69) is 4.57 Å². The van der Waals surface area contributed by atoms with Gasteiger partial charge in [0.25, 0.3) is 5.91 Å². The summed E-state index contributed by atoms with van der Waals surface area (Å²) in [6.07, 6.45) is 2.24. The number of benzene rings is 1. The molecule has 31 heavy (non-hydrogen) atoms. The molecule has 0 bridgehead atoms. The van der Waals surface area contributed by atoms with Crippen molar-refractivity contribution in [3.8, 4) is 0 Å². The van der Waals surface area contributed by atoms with Crippen LogP contribution in [0.15, 0.2) is 30.3 Å². The van der Waals surface area contributed by atoms with Gasteiger partial charge in [0.05, 0.1) is 12.6 Å². The summed E-state index contributed by atoms with van der Waals surface area (Å²) in [7, 11) is 0. The molecule has 2 aliphatic rings. The fourth-order valence-corrected chi connectivity index (χ4v) is 4.50. The van der Waals surface area contributed by atoms with E-state index in [9.17, 15) is 14.4 Å². The second-order valence-electron chi connectivity index (χ2n) is 8.54. The third-order valence-electron chi connectivity index (χ3n) is 6.35. The molecule has 2 saturated heterocycles.